The van der Waals surface area contributed by atoms with Crippen LogP contribution in [0.25, 0.3) is 0 Å². The SMILES string of the molecule is Cc1nc(NC2CCCCCC2)cc(N2CCC(C(=O)O)CC2)n1. The standard InChI is InChI=1S/C18H28N4O2/c1-13-19-16(21-15-6-4-2-3-5-7-15)12-17(20-13)22-10-8-14(9-11-22)18(23)24/h12,14-15H,2-11H2,1H3,(H,23,24)(H,19,20,21). The number of hydrogen-bond acceptors (Lipinski definition) is 5. The number of nitrogens with zero attached hydrogens (tertiary/aromatic N) is 3. The third kappa shape index (κ3) is 4.36. The number of carboxylic acids is 1. The molecule has 1 saturated carbocycles. The smallest absolute Gasteiger partial charge is 0.306 e. The Labute approximate surface area is 143 Å². The summed E-state index contributed by atoms with van der Waals surface area (Å²) in [6.07, 6.45) is 9.04. The fraction of sp³-hybridized carbons (Fsp3) is 0.722. The van der Waals surface area contributed by atoms with Crippen molar-refractivity contribution in [3.05, 3.63) is 11.9 Å². The Bertz CT molecular complexity index is 562. The first-order valence-corrected chi connectivity index (χ1v) is 9.22. The van der Waals surface area contributed by atoms with E-state index in [1.54, 1.807) is 0 Å². The topological polar surface area (TPSA) is 78.4 Å². The molecule has 0 amide bonds. The summed E-state index contributed by atoms with van der Waals surface area (Å²) in [6, 6.07) is 2.53. The third-order valence-corrected chi connectivity index (χ3v) is 5.20. The number of rotatable bonds is 4. The Morgan fingerprint density at radius 3 is 2.42 bits per heavy atom. The molecule has 2 fully saturated rings. The monoisotopic (exact) mass is 332 g/mol. The van der Waals surface area contributed by atoms with E-state index in [-0.39, 0.29) is 5.92 Å². The van der Waals surface area contributed by atoms with Crippen LogP contribution in [0.2, 0.25) is 0 Å². The summed E-state index contributed by atoms with van der Waals surface area (Å²) in [5, 5.41) is 12.7. The molecule has 24 heavy (non-hydrogen) atoms. The molecule has 1 saturated heterocycles. The lowest BCUT2D eigenvalue weighted by Crippen LogP contribution is -2.37. The molecule has 0 atom stereocenters. The quantitative estimate of drug-likeness (QED) is 0.824. The van der Waals surface area contributed by atoms with Crippen molar-refractivity contribution in [2.24, 2.45) is 5.92 Å². The maximum absolute atomic E-state index is 11.1. The third-order valence-electron chi connectivity index (χ3n) is 5.20. The summed E-state index contributed by atoms with van der Waals surface area (Å²) in [5.74, 6) is 1.70. The number of aryl methyl sites for hydroxylation is 1. The van der Waals surface area contributed by atoms with Crippen molar-refractivity contribution in [1.82, 2.24) is 9.97 Å². The molecule has 2 aliphatic rings. The van der Waals surface area contributed by atoms with Crippen LogP contribution in [0.1, 0.15) is 57.2 Å². The van der Waals surface area contributed by atoms with Gasteiger partial charge in [0, 0.05) is 25.2 Å². The summed E-state index contributed by atoms with van der Waals surface area (Å²) >= 11 is 0. The largest absolute Gasteiger partial charge is 0.481 e. The number of aliphatic carboxylic acids is 1. The zero-order chi connectivity index (χ0) is 16.9. The maximum atomic E-state index is 11.1. The maximum Gasteiger partial charge on any atom is 0.306 e. The second-order valence-electron chi connectivity index (χ2n) is 7.09. The van der Waals surface area contributed by atoms with Crippen LogP contribution in [0, 0.1) is 12.8 Å². The van der Waals surface area contributed by atoms with E-state index in [0.717, 1.165) is 30.5 Å². The molecule has 6 heteroatoms. The van der Waals surface area contributed by atoms with E-state index in [0.29, 0.717) is 18.9 Å². The van der Waals surface area contributed by atoms with Gasteiger partial charge in [-0.1, -0.05) is 25.7 Å². The van der Waals surface area contributed by atoms with Gasteiger partial charge in [0.1, 0.15) is 17.5 Å². The molecule has 1 aromatic rings. The average molecular weight is 332 g/mol. The average Bonchev–Trinajstić information content (AvgIpc) is 2.83. The number of hydrogen-bond donors (Lipinski definition) is 2. The molecular formula is C18H28N4O2. The van der Waals surface area contributed by atoms with Crippen LogP contribution in [-0.2, 0) is 4.79 Å². The highest BCUT2D eigenvalue weighted by molar-refractivity contribution is 5.70. The van der Waals surface area contributed by atoms with Crippen molar-refractivity contribution in [1.29, 1.82) is 0 Å². The van der Waals surface area contributed by atoms with Gasteiger partial charge >= 0.3 is 5.97 Å². The molecule has 1 aliphatic heterocycles. The summed E-state index contributed by atoms with van der Waals surface area (Å²) < 4.78 is 0. The minimum Gasteiger partial charge on any atom is -0.481 e. The van der Waals surface area contributed by atoms with Crippen molar-refractivity contribution in [3.63, 3.8) is 0 Å². The van der Waals surface area contributed by atoms with Crippen molar-refractivity contribution in [2.45, 2.75) is 64.3 Å². The van der Waals surface area contributed by atoms with Gasteiger partial charge in [0.25, 0.3) is 0 Å². The minimum atomic E-state index is -0.677. The van der Waals surface area contributed by atoms with E-state index in [4.69, 9.17) is 5.11 Å². The van der Waals surface area contributed by atoms with Gasteiger partial charge in [-0.2, -0.15) is 0 Å². The minimum absolute atomic E-state index is 0.215. The molecule has 0 radical (unpaired) electrons. The molecule has 0 aromatic carbocycles. The number of anilines is 2. The first-order chi connectivity index (χ1) is 11.6. The molecule has 0 unspecified atom stereocenters. The van der Waals surface area contributed by atoms with E-state index in [1.165, 1.54) is 38.5 Å². The Morgan fingerprint density at radius 2 is 1.79 bits per heavy atom. The summed E-state index contributed by atoms with van der Waals surface area (Å²) in [4.78, 5) is 22.4. The molecule has 6 nitrogen and oxygen atoms in total. The Hall–Kier alpha value is -1.85. The van der Waals surface area contributed by atoms with Crippen molar-refractivity contribution >= 4 is 17.6 Å². The van der Waals surface area contributed by atoms with E-state index in [2.05, 4.69) is 20.2 Å². The van der Waals surface area contributed by atoms with Crippen molar-refractivity contribution < 1.29 is 9.90 Å². The van der Waals surface area contributed by atoms with Crippen LogP contribution in [0.4, 0.5) is 11.6 Å². The molecule has 2 heterocycles. The van der Waals surface area contributed by atoms with Crippen LogP contribution in [-0.4, -0.2) is 40.2 Å². The fourth-order valence-corrected chi connectivity index (χ4v) is 3.78. The van der Waals surface area contributed by atoms with Gasteiger partial charge in [0.15, 0.2) is 0 Å². The van der Waals surface area contributed by atoms with Gasteiger partial charge in [0.2, 0.25) is 0 Å². The number of aromatic nitrogens is 2. The Kier molecular flexibility index (Phi) is 5.53. The molecule has 132 valence electrons. The lowest BCUT2D eigenvalue weighted by atomic mass is 9.97. The Morgan fingerprint density at radius 1 is 1.12 bits per heavy atom. The lowest BCUT2D eigenvalue weighted by Gasteiger charge is -2.31. The van der Waals surface area contributed by atoms with Gasteiger partial charge < -0.3 is 15.3 Å². The normalized spacial score (nSPS) is 20.6. The molecular weight excluding hydrogens is 304 g/mol. The van der Waals surface area contributed by atoms with Crippen LogP contribution >= 0.6 is 0 Å². The van der Waals surface area contributed by atoms with Gasteiger partial charge in [-0.25, -0.2) is 9.97 Å². The highest BCUT2D eigenvalue weighted by Crippen LogP contribution is 2.25. The van der Waals surface area contributed by atoms with Crippen LogP contribution in [0.5, 0.6) is 0 Å². The molecule has 0 bridgehead atoms. The summed E-state index contributed by atoms with van der Waals surface area (Å²) in [5.41, 5.74) is 0. The fourth-order valence-electron chi connectivity index (χ4n) is 3.78. The molecule has 1 aliphatic carbocycles. The number of piperidine rings is 1. The summed E-state index contributed by atoms with van der Waals surface area (Å²) in [6.45, 7) is 3.42. The highest BCUT2D eigenvalue weighted by atomic mass is 16.4. The lowest BCUT2D eigenvalue weighted by molar-refractivity contribution is -0.142. The van der Waals surface area contributed by atoms with Gasteiger partial charge in [0.05, 0.1) is 5.92 Å². The molecule has 1 aromatic heterocycles. The second kappa shape index (κ2) is 7.81. The van der Waals surface area contributed by atoms with Gasteiger partial charge in [-0.15, -0.1) is 0 Å². The zero-order valence-corrected chi connectivity index (χ0v) is 14.5. The molecule has 0 spiro atoms. The van der Waals surface area contributed by atoms with E-state index in [1.807, 2.05) is 13.0 Å². The van der Waals surface area contributed by atoms with Gasteiger partial charge in [-0.3, -0.25) is 4.79 Å². The number of carbonyl (C=O) groups is 1. The predicted octanol–water partition coefficient (Wildman–Crippen LogP) is 3.22. The number of nitrogens with one attached hydrogen (secondary N) is 1. The Balaban J connectivity index is 1.66. The van der Waals surface area contributed by atoms with Crippen molar-refractivity contribution in [3.8, 4) is 0 Å². The summed E-state index contributed by atoms with van der Waals surface area (Å²) in [7, 11) is 0. The first kappa shape index (κ1) is 17.0. The van der Waals surface area contributed by atoms with E-state index in [9.17, 15) is 4.79 Å². The van der Waals surface area contributed by atoms with Crippen LogP contribution in [0.15, 0.2) is 6.07 Å². The first-order valence-electron chi connectivity index (χ1n) is 9.22. The molecule has 3 rings (SSSR count). The molecule has 2 N–H and O–H groups in total. The zero-order valence-electron chi connectivity index (χ0n) is 14.5. The van der Waals surface area contributed by atoms with Crippen molar-refractivity contribution in [2.75, 3.05) is 23.3 Å². The predicted molar refractivity (Wildman–Crippen MR) is 94.5 cm³/mol. The number of carboxylic acid groups (broad SMARTS) is 1. The van der Waals surface area contributed by atoms with Gasteiger partial charge in [-0.05, 0) is 32.6 Å². The highest BCUT2D eigenvalue weighted by Gasteiger charge is 2.25. The van der Waals surface area contributed by atoms with E-state index < -0.39 is 5.97 Å². The second-order valence-corrected chi connectivity index (χ2v) is 7.09. The van der Waals surface area contributed by atoms with Crippen LogP contribution < -0.4 is 10.2 Å². The van der Waals surface area contributed by atoms with E-state index >= 15 is 0 Å². The van der Waals surface area contributed by atoms with Crippen LogP contribution in [0.3, 0.4) is 0 Å².